The summed E-state index contributed by atoms with van der Waals surface area (Å²) in [7, 11) is 0. The van der Waals surface area contributed by atoms with Crippen molar-refractivity contribution in [3.8, 4) is 5.75 Å². The molecule has 0 fully saturated rings. The van der Waals surface area contributed by atoms with Crippen molar-refractivity contribution in [2.75, 3.05) is 0 Å². The van der Waals surface area contributed by atoms with Crippen LogP contribution in [0.3, 0.4) is 0 Å². The second kappa shape index (κ2) is 5.20. The summed E-state index contributed by atoms with van der Waals surface area (Å²) in [6.07, 6.45) is 0. The van der Waals surface area contributed by atoms with Gasteiger partial charge in [-0.1, -0.05) is 15.9 Å². The minimum atomic E-state index is -3.09. The van der Waals surface area contributed by atoms with Crippen LogP contribution in [-0.4, -0.2) is 17.7 Å². The van der Waals surface area contributed by atoms with Crippen molar-refractivity contribution >= 4 is 21.9 Å². The first kappa shape index (κ1) is 12.8. The lowest BCUT2D eigenvalue weighted by molar-refractivity contribution is -0.0500. The second-order valence-corrected chi connectivity index (χ2v) is 3.32. The van der Waals surface area contributed by atoms with Gasteiger partial charge >= 0.3 is 12.6 Å². The Morgan fingerprint density at radius 3 is 2.56 bits per heavy atom. The van der Waals surface area contributed by atoms with E-state index in [2.05, 4.69) is 20.7 Å². The van der Waals surface area contributed by atoms with E-state index in [1.165, 1.54) is 0 Å². The molecular weight excluding hydrogens is 293 g/mol. The summed E-state index contributed by atoms with van der Waals surface area (Å²) in [5.74, 6) is -2.89. The highest BCUT2D eigenvalue weighted by molar-refractivity contribution is 9.08. The SMILES string of the molecule is O=C(O)c1cc(OC(F)F)cc(CBr)c1F. The van der Waals surface area contributed by atoms with Crippen LogP contribution in [0.1, 0.15) is 15.9 Å². The number of halogens is 4. The van der Waals surface area contributed by atoms with Crippen molar-refractivity contribution in [1.82, 2.24) is 0 Å². The summed E-state index contributed by atoms with van der Waals surface area (Å²) in [6.45, 7) is -3.09. The van der Waals surface area contributed by atoms with E-state index < -0.39 is 24.0 Å². The van der Waals surface area contributed by atoms with Gasteiger partial charge in [0.05, 0.1) is 5.56 Å². The fraction of sp³-hybridized carbons (Fsp3) is 0.222. The molecule has 0 radical (unpaired) electrons. The number of ether oxygens (including phenoxy) is 1. The Morgan fingerprint density at radius 1 is 1.50 bits per heavy atom. The molecule has 88 valence electrons. The van der Waals surface area contributed by atoms with Gasteiger partial charge in [-0.25, -0.2) is 9.18 Å². The van der Waals surface area contributed by atoms with Crippen LogP contribution in [0.15, 0.2) is 12.1 Å². The van der Waals surface area contributed by atoms with E-state index in [0.717, 1.165) is 12.1 Å². The van der Waals surface area contributed by atoms with Gasteiger partial charge < -0.3 is 9.84 Å². The van der Waals surface area contributed by atoms with Gasteiger partial charge in [-0.3, -0.25) is 0 Å². The zero-order valence-corrected chi connectivity index (χ0v) is 9.30. The van der Waals surface area contributed by atoms with Crippen molar-refractivity contribution in [3.63, 3.8) is 0 Å². The van der Waals surface area contributed by atoms with Crippen molar-refractivity contribution < 1.29 is 27.8 Å². The van der Waals surface area contributed by atoms with E-state index in [1.807, 2.05) is 0 Å². The average molecular weight is 299 g/mol. The van der Waals surface area contributed by atoms with Crippen LogP contribution in [-0.2, 0) is 5.33 Å². The Kier molecular flexibility index (Phi) is 4.17. The molecule has 7 heteroatoms. The molecule has 3 nitrogen and oxygen atoms in total. The Hall–Kier alpha value is -1.24. The number of rotatable bonds is 4. The zero-order chi connectivity index (χ0) is 12.3. The second-order valence-electron chi connectivity index (χ2n) is 2.76. The molecule has 0 saturated heterocycles. The average Bonchev–Trinajstić information content (AvgIpc) is 2.19. The van der Waals surface area contributed by atoms with E-state index in [0.29, 0.717) is 0 Å². The van der Waals surface area contributed by atoms with Crippen LogP contribution in [0, 0.1) is 5.82 Å². The molecule has 0 bridgehead atoms. The number of carboxylic acid groups (broad SMARTS) is 1. The van der Waals surface area contributed by atoms with E-state index in [4.69, 9.17) is 5.11 Å². The summed E-state index contributed by atoms with van der Waals surface area (Å²) < 4.78 is 41.2. The van der Waals surface area contributed by atoms with Crippen LogP contribution < -0.4 is 4.74 Å². The quantitative estimate of drug-likeness (QED) is 0.869. The molecule has 0 saturated carbocycles. The molecule has 0 unspecified atom stereocenters. The predicted octanol–water partition coefficient (Wildman–Crippen LogP) is 3.02. The monoisotopic (exact) mass is 298 g/mol. The molecule has 0 spiro atoms. The molecule has 1 aromatic carbocycles. The minimum absolute atomic E-state index is 0.000445. The summed E-state index contributed by atoms with van der Waals surface area (Å²) >= 11 is 2.92. The number of hydrogen-bond acceptors (Lipinski definition) is 2. The van der Waals surface area contributed by atoms with Crippen LogP contribution >= 0.6 is 15.9 Å². The first-order chi connectivity index (χ1) is 7.45. The molecule has 0 amide bonds. The fourth-order valence-electron chi connectivity index (χ4n) is 1.08. The molecular formula is C9H6BrF3O3. The maximum Gasteiger partial charge on any atom is 0.387 e. The van der Waals surface area contributed by atoms with Crippen LogP contribution in [0.4, 0.5) is 13.2 Å². The summed E-state index contributed by atoms with van der Waals surface area (Å²) in [4.78, 5) is 10.6. The first-order valence-electron chi connectivity index (χ1n) is 4.02. The molecule has 1 N–H and O–H groups in total. The van der Waals surface area contributed by atoms with Crippen LogP contribution in [0.2, 0.25) is 0 Å². The highest BCUT2D eigenvalue weighted by Gasteiger charge is 2.17. The molecule has 0 atom stereocenters. The molecule has 0 aliphatic heterocycles. The Morgan fingerprint density at radius 2 is 2.12 bits per heavy atom. The van der Waals surface area contributed by atoms with Gasteiger partial charge in [-0.05, 0) is 12.1 Å². The van der Waals surface area contributed by atoms with Crippen molar-refractivity contribution in [2.45, 2.75) is 11.9 Å². The maximum absolute atomic E-state index is 13.4. The Labute approximate surface area is 97.0 Å². The molecule has 0 aliphatic carbocycles. The topological polar surface area (TPSA) is 46.5 Å². The number of aromatic carboxylic acids is 1. The fourth-order valence-corrected chi connectivity index (χ4v) is 1.49. The largest absolute Gasteiger partial charge is 0.478 e. The lowest BCUT2D eigenvalue weighted by Gasteiger charge is -2.08. The summed E-state index contributed by atoms with van der Waals surface area (Å²) in [6, 6.07) is 1.73. The van der Waals surface area contributed by atoms with Gasteiger partial charge in [-0.2, -0.15) is 8.78 Å². The van der Waals surface area contributed by atoms with Crippen molar-refractivity contribution in [2.24, 2.45) is 0 Å². The van der Waals surface area contributed by atoms with E-state index in [9.17, 15) is 18.0 Å². The first-order valence-corrected chi connectivity index (χ1v) is 5.14. The number of hydrogen-bond donors (Lipinski definition) is 1. The Balaban J connectivity index is 3.23. The lowest BCUT2D eigenvalue weighted by atomic mass is 10.1. The van der Waals surface area contributed by atoms with Gasteiger partial charge in [0.25, 0.3) is 0 Å². The Bertz CT molecular complexity index is 409. The molecule has 0 aromatic heterocycles. The van der Waals surface area contributed by atoms with Crippen molar-refractivity contribution in [3.05, 3.63) is 29.1 Å². The third-order valence-corrected chi connectivity index (χ3v) is 2.33. The molecule has 0 aliphatic rings. The molecule has 0 heterocycles. The van der Waals surface area contributed by atoms with Gasteiger partial charge in [-0.15, -0.1) is 0 Å². The van der Waals surface area contributed by atoms with Gasteiger partial charge in [0.15, 0.2) is 0 Å². The summed E-state index contributed by atoms with van der Waals surface area (Å²) in [5.41, 5.74) is -0.761. The molecule has 1 rings (SSSR count). The standard InChI is InChI=1S/C9H6BrF3O3/c10-3-4-1-5(16-9(12)13)2-6(7(4)11)8(14)15/h1-2,9H,3H2,(H,14,15). The maximum atomic E-state index is 13.4. The van der Waals surface area contributed by atoms with Crippen LogP contribution in [0.5, 0.6) is 5.75 Å². The third kappa shape index (κ3) is 2.88. The smallest absolute Gasteiger partial charge is 0.387 e. The molecule has 1 aromatic rings. The minimum Gasteiger partial charge on any atom is -0.478 e. The van der Waals surface area contributed by atoms with Gasteiger partial charge in [0.1, 0.15) is 11.6 Å². The molecule has 16 heavy (non-hydrogen) atoms. The number of benzene rings is 1. The number of alkyl halides is 3. The van der Waals surface area contributed by atoms with E-state index >= 15 is 0 Å². The van der Waals surface area contributed by atoms with Crippen molar-refractivity contribution in [1.29, 1.82) is 0 Å². The van der Waals surface area contributed by atoms with E-state index in [1.54, 1.807) is 0 Å². The highest BCUT2D eigenvalue weighted by Crippen LogP contribution is 2.24. The normalized spacial score (nSPS) is 10.6. The van der Waals surface area contributed by atoms with E-state index in [-0.39, 0.29) is 16.6 Å². The lowest BCUT2D eigenvalue weighted by Crippen LogP contribution is -2.07. The zero-order valence-electron chi connectivity index (χ0n) is 7.71. The van der Waals surface area contributed by atoms with Gasteiger partial charge in [0.2, 0.25) is 0 Å². The number of carbonyl (C=O) groups is 1. The summed E-state index contributed by atoms with van der Waals surface area (Å²) in [5, 5.41) is 8.65. The highest BCUT2D eigenvalue weighted by atomic mass is 79.9. The number of carboxylic acids is 1. The predicted molar refractivity (Wildman–Crippen MR) is 52.6 cm³/mol. The van der Waals surface area contributed by atoms with Crippen LogP contribution in [0.25, 0.3) is 0 Å². The van der Waals surface area contributed by atoms with Gasteiger partial charge in [0, 0.05) is 10.9 Å². The third-order valence-electron chi connectivity index (χ3n) is 1.72.